The molecule has 110 valence electrons. The van der Waals surface area contributed by atoms with Gasteiger partial charge in [0.05, 0.1) is 24.0 Å². The lowest BCUT2D eigenvalue weighted by atomic mass is 10.2. The van der Waals surface area contributed by atoms with E-state index in [9.17, 15) is 13.2 Å². The predicted octanol–water partition coefficient (Wildman–Crippen LogP) is 2.43. The summed E-state index contributed by atoms with van der Waals surface area (Å²) in [5, 5.41) is 17.8. The Labute approximate surface area is 116 Å². The van der Waals surface area contributed by atoms with Crippen LogP contribution in [0.5, 0.6) is 0 Å². The van der Waals surface area contributed by atoms with Crippen molar-refractivity contribution in [2.24, 2.45) is 0 Å². The number of nitrogens with zero attached hydrogens (tertiary/aromatic N) is 1. The first-order valence-electron chi connectivity index (χ1n) is 5.73. The number of aliphatic hydroxyl groups is 2. The molecule has 0 unspecified atom stereocenters. The summed E-state index contributed by atoms with van der Waals surface area (Å²) in [5.41, 5.74) is -0.331. The average Bonchev–Trinajstić information content (AvgIpc) is 2.78. The number of fused-ring (bicyclic) bond motifs is 1. The van der Waals surface area contributed by atoms with Crippen molar-refractivity contribution in [2.75, 3.05) is 12.4 Å². The third kappa shape index (κ3) is 3.65. The minimum atomic E-state index is -4.41. The molecule has 20 heavy (non-hydrogen) atoms. The lowest BCUT2D eigenvalue weighted by Crippen LogP contribution is -2.14. The first kappa shape index (κ1) is 15.1. The van der Waals surface area contributed by atoms with Crippen molar-refractivity contribution in [2.45, 2.75) is 18.0 Å². The van der Waals surface area contributed by atoms with Crippen molar-refractivity contribution in [1.29, 1.82) is 0 Å². The number of oxazole rings is 1. The van der Waals surface area contributed by atoms with E-state index in [1.54, 1.807) is 0 Å². The van der Waals surface area contributed by atoms with Crippen molar-refractivity contribution >= 4 is 22.9 Å². The van der Waals surface area contributed by atoms with Crippen molar-refractivity contribution < 1.29 is 27.8 Å². The van der Waals surface area contributed by atoms with Crippen LogP contribution in [0.1, 0.15) is 11.5 Å². The Kier molecular flexibility index (Phi) is 4.56. The normalized spacial score (nSPS) is 13.8. The minimum absolute atomic E-state index is 0.151. The second kappa shape index (κ2) is 6.02. The van der Waals surface area contributed by atoms with Gasteiger partial charge in [-0.1, -0.05) is 0 Å². The number of thioether (sulfide) groups is 1. The van der Waals surface area contributed by atoms with Crippen molar-refractivity contribution in [3.05, 3.63) is 29.7 Å². The summed E-state index contributed by atoms with van der Waals surface area (Å²) >= 11 is 1.28. The summed E-state index contributed by atoms with van der Waals surface area (Å²) in [5.74, 6) is 0.894. The topological polar surface area (TPSA) is 66.5 Å². The van der Waals surface area contributed by atoms with Crippen LogP contribution in [0.4, 0.5) is 13.2 Å². The number of rotatable bonds is 5. The zero-order valence-electron chi connectivity index (χ0n) is 10.2. The zero-order chi connectivity index (χ0) is 14.8. The van der Waals surface area contributed by atoms with Crippen molar-refractivity contribution in [1.82, 2.24) is 4.98 Å². The summed E-state index contributed by atoms with van der Waals surface area (Å²) in [6.45, 7) is -0.338. The van der Waals surface area contributed by atoms with Crippen LogP contribution in [0.2, 0.25) is 0 Å². The molecule has 0 spiro atoms. The summed E-state index contributed by atoms with van der Waals surface area (Å²) < 4.78 is 42.9. The van der Waals surface area contributed by atoms with Gasteiger partial charge in [0.25, 0.3) is 0 Å². The third-order valence-electron chi connectivity index (χ3n) is 2.51. The fraction of sp³-hybridized carbons (Fsp3) is 0.417. The third-order valence-corrected chi connectivity index (χ3v) is 3.58. The zero-order valence-corrected chi connectivity index (χ0v) is 11.0. The van der Waals surface area contributed by atoms with Gasteiger partial charge in [-0.2, -0.15) is 13.2 Å². The van der Waals surface area contributed by atoms with Crippen LogP contribution in [0.3, 0.4) is 0 Å². The molecule has 0 saturated carbocycles. The maximum Gasteiger partial charge on any atom is 0.416 e. The van der Waals surface area contributed by atoms with Crippen LogP contribution in [0.25, 0.3) is 11.1 Å². The predicted molar refractivity (Wildman–Crippen MR) is 68.3 cm³/mol. The molecule has 1 atom stereocenters. The second-order valence-electron chi connectivity index (χ2n) is 4.14. The number of benzene rings is 1. The number of aliphatic hydroxyl groups excluding tert-OH is 2. The maximum atomic E-state index is 12.5. The summed E-state index contributed by atoms with van der Waals surface area (Å²) in [7, 11) is 0. The molecular weight excluding hydrogens is 295 g/mol. The average molecular weight is 307 g/mol. The molecule has 1 aromatic carbocycles. The van der Waals surface area contributed by atoms with E-state index in [1.807, 2.05) is 0 Å². The molecule has 2 rings (SSSR count). The van der Waals surface area contributed by atoms with Crippen molar-refractivity contribution in [3.63, 3.8) is 0 Å². The van der Waals surface area contributed by atoms with E-state index in [-0.39, 0.29) is 23.6 Å². The van der Waals surface area contributed by atoms with Gasteiger partial charge < -0.3 is 14.6 Å². The van der Waals surface area contributed by atoms with Gasteiger partial charge in [-0.3, -0.25) is 0 Å². The lowest BCUT2D eigenvalue weighted by Gasteiger charge is -2.04. The molecule has 0 bridgehead atoms. The SMILES string of the molecule is OC[C@@H](O)CSCc1nc2cc(C(F)(F)F)ccc2o1. The molecule has 2 N–H and O–H groups in total. The van der Waals surface area contributed by atoms with Crippen LogP contribution >= 0.6 is 11.8 Å². The van der Waals surface area contributed by atoms with Crippen molar-refractivity contribution in [3.8, 4) is 0 Å². The Morgan fingerprint density at radius 1 is 1.35 bits per heavy atom. The highest BCUT2D eigenvalue weighted by atomic mass is 32.2. The number of alkyl halides is 3. The van der Waals surface area contributed by atoms with Crippen LogP contribution in [0.15, 0.2) is 22.6 Å². The van der Waals surface area contributed by atoms with Gasteiger partial charge in [-0.15, -0.1) is 11.8 Å². The molecule has 8 heteroatoms. The Morgan fingerprint density at radius 3 is 2.75 bits per heavy atom. The molecule has 1 aromatic heterocycles. The number of hydrogen-bond donors (Lipinski definition) is 2. The van der Waals surface area contributed by atoms with Gasteiger partial charge in [-0.25, -0.2) is 4.98 Å². The number of halogens is 3. The molecule has 0 aliphatic rings. The van der Waals surface area contributed by atoms with Gasteiger partial charge in [0.15, 0.2) is 5.58 Å². The standard InChI is InChI=1S/C12H12F3NO3S/c13-12(14,15)7-1-2-10-9(3-7)16-11(19-10)6-20-5-8(18)4-17/h1-3,8,17-18H,4-6H2/t8-/m1/s1. The molecule has 0 saturated heterocycles. The molecular formula is C12H12F3NO3S. The fourth-order valence-corrected chi connectivity index (χ4v) is 2.34. The van der Waals surface area contributed by atoms with Gasteiger partial charge in [0.2, 0.25) is 5.89 Å². The highest BCUT2D eigenvalue weighted by Crippen LogP contribution is 2.31. The Balaban J connectivity index is 2.09. The Hall–Kier alpha value is -1.25. The second-order valence-corrected chi connectivity index (χ2v) is 5.17. The largest absolute Gasteiger partial charge is 0.440 e. The minimum Gasteiger partial charge on any atom is -0.440 e. The molecule has 4 nitrogen and oxygen atoms in total. The molecule has 0 fully saturated rings. The smallest absolute Gasteiger partial charge is 0.416 e. The summed E-state index contributed by atoms with van der Waals surface area (Å²) in [6, 6.07) is 3.12. The van der Waals surface area contributed by atoms with E-state index in [4.69, 9.17) is 14.6 Å². The molecule has 2 aromatic rings. The molecule has 0 amide bonds. The Morgan fingerprint density at radius 2 is 2.10 bits per heavy atom. The van der Waals surface area contributed by atoms with Crippen LogP contribution in [-0.4, -0.2) is 33.7 Å². The van der Waals surface area contributed by atoms with Crippen LogP contribution < -0.4 is 0 Å². The summed E-state index contributed by atoms with van der Waals surface area (Å²) in [6.07, 6.45) is -5.24. The lowest BCUT2D eigenvalue weighted by molar-refractivity contribution is -0.137. The molecule has 0 radical (unpaired) electrons. The van der Waals surface area contributed by atoms with E-state index >= 15 is 0 Å². The molecule has 0 aliphatic carbocycles. The number of aromatic nitrogens is 1. The Bertz CT molecular complexity index is 585. The monoisotopic (exact) mass is 307 g/mol. The maximum absolute atomic E-state index is 12.5. The summed E-state index contributed by atoms with van der Waals surface area (Å²) in [4.78, 5) is 3.98. The van der Waals surface area contributed by atoms with Crippen LogP contribution in [-0.2, 0) is 11.9 Å². The van der Waals surface area contributed by atoms with E-state index in [2.05, 4.69) is 4.98 Å². The van der Waals surface area contributed by atoms with Gasteiger partial charge in [-0.05, 0) is 18.2 Å². The fourth-order valence-electron chi connectivity index (χ4n) is 1.55. The van der Waals surface area contributed by atoms with Gasteiger partial charge in [0, 0.05) is 5.75 Å². The highest BCUT2D eigenvalue weighted by Gasteiger charge is 2.31. The van der Waals surface area contributed by atoms with E-state index in [0.717, 1.165) is 12.1 Å². The van der Waals surface area contributed by atoms with Gasteiger partial charge in [0.1, 0.15) is 5.52 Å². The van der Waals surface area contributed by atoms with Crippen LogP contribution in [0, 0.1) is 0 Å². The van der Waals surface area contributed by atoms with Gasteiger partial charge >= 0.3 is 6.18 Å². The molecule has 1 heterocycles. The first-order valence-corrected chi connectivity index (χ1v) is 6.89. The van der Waals surface area contributed by atoms with E-state index in [0.29, 0.717) is 11.5 Å². The first-order chi connectivity index (χ1) is 9.40. The quantitative estimate of drug-likeness (QED) is 0.888. The van der Waals surface area contributed by atoms with E-state index in [1.165, 1.54) is 17.8 Å². The van der Waals surface area contributed by atoms with E-state index < -0.39 is 17.8 Å². The highest BCUT2D eigenvalue weighted by molar-refractivity contribution is 7.98. The number of hydrogen-bond acceptors (Lipinski definition) is 5. The molecule has 0 aliphatic heterocycles.